The van der Waals surface area contributed by atoms with Gasteiger partial charge in [0.25, 0.3) is 0 Å². The van der Waals surface area contributed by atoms with Crippen molar-refractivity contribution in [3.63, 3.8) is 0 Å². The maximum atomic E-state index is 13.0. The number of carbonyl (C=O) groups excluding carboxylic acids is 1. The van der Waals surface area contributed by atoms with Gasteiger partial charge in [-0.15, -0.1) is 0 Å². The number of hydrogen-bond donors (Lipinski definition) is 0. The van der Waals surface area contributed by atoms with Crippen LogP contribution in [0.2, 0.25) is 0 Å². The van der Waals surface area contributed by atoms with E-state index < -0.39 is 11.6 Å². The lowest BCUT2D eigenvalue weighted by molar-refractivity contribution is -0.157. The number of hydrogen-bond acceptors (Lipinski definition) is 6. The molecule has 1 aromatic carbocycles. The number of fused-ring (bicyclic) bond motifs is 1. The second kappa shape index (κ2) is 8.25. The average Bonchev–Trinajstić information content (AvgIpc) is 3.06. The second-order valence-corrected chi connectivity index (χ2v) is 8.32. The van der Waals surface area contributed by atoms with Crippen LogP contribution in [0.25, 0.3) is 0 Å². The van der Waals surface area contributed by atoms with Gasteiger partial charge in [0, 0.05) is 11.3 Å². The Morgan fingerprint density at radius 3 is 2.63 bits per heavy atom. The molecular weight excluding hydrogens is 366 g/mol. The number of ether oxygens (including phenoxy) is 2. The fraction of sp³-hybridized carbons (Fsp3) is 0.450. The Balaban J connectivity index is 1.68. The van der Waals surface area contributed by atoms with Crippen LogP contribution < -0.4 is 4.74 Å². The fourth-order valence-electron chi connectivity index (χ4n) is 2.79. The summed E-state index contributed by atoms with van der Waals surface area (Å²) in [7, 11) is 0. The van der Waals surface area contributed by atoms with E-state index >= 15 is 0 Å². The number of aryl methyl sites for hydroxylation is 1. The van der Waals surface area contributed by atoms with Crippen LogP contribution in [0.4, 0.5) is 4.39 Å². The number of thioether (sulfide) groups is 1. The Morgan fingerprint density at radius 1 is 1.19 bits per heavy atom. The van der Waals surface area contributed by atoms with Gasteiger partial charge in [-0.2, -0.15) is 4.98 Å². The molecule has 27 heavy (non-hydrogen) atoms. The third-order valence-corrected chi connectivity index (χ3v) is 4.82. The van der Waals surface area contributed by atoms with E-state index in [1.807, 2.05) is 20.8 Å². The predicted octanol–water partition coefficient (Wildman–Crippen LogP) is 4.12. The van der Waals surface area contributed by atoms with E-state index in [1.54, 1.807) is 12.1 Å². The van der Waals surface area contributed by atoms with E-state index in [9.17, 15) is 9.18 Å². The molecule has 5 nitrogen and oxygen atoms in total. The summed E-state index contributed by atoms with van der Waals surface area (Å²) >= 11 is 1.46. The molecule has 0 N–H and O–H groups in total. The van der Waals surface area contributed by atoms with E-state index in [0.717, 1.165) is 36.1 Å². The summed E-state index contributed by atoms with van der Waals surface area (Å²) in [4.78, 5) is 21.0. The number of benzene rings is 1. The molecule has 0 radical (unpaired) electrons. The van der Waals surface area contributed by atoms with Crippen molar-refractivity contribution in [1.82, 2.24) is 9.97 Å². The number of halogens is 1. The van der Waals surface area contributed by atoms with Gasteiger partial charge in [0.05, 0.1) is 5.69 Å². The van der Waals surface area contributed by atoms with Crippen LogP contribution in [0.15, 0.2) is 29.4 Å². The van der Waals surface area contributed by atoms with E-state index in [-0.39, 0.29) is 12.4 Å². The molecule has 0 unspecified atom stereocenters. The first-order chi connectivity index (χ1) is 12.8. The Bertz CT molecular complexity index is 819. The minimum Gasteiger partial charge on any atom is -0.465 e. The lowest BCUT2D eigenvalue weighted by Crippen LogP contribution is -2.27. The molecule has 7 heteroatoms. The standard InChI is InChI=1S/C20H23FN2O3S/c1-20(2,3)26-17(24)11-25-18-15-5-4-6-16(15)22-19(23-18)27-12-13-7-9-14(21)10-8-13/h7-10H,4-6,11-12H2,1-3H3/i21-1. The van der Waals surface area contributed by atoms with Crippen LogP contribution >= 0.6 is 11.8 Å². The van der Waals surface area contributed by atoms with Crippen LogP contribution in [0.1, 0.15) is 44.0 Å². The molecule has 3 rings (SSSR count). The van der Waals surface area contributed by atoms with E-state index in [2.05, 4.69) is 9.97 Å². The molecule has 0 spiro atoms. The van der Waals surface area contributed by atoms with Crippen molar-refractivity contribution < 1.29 is 18.7 Å². The largest absolute Gasteiger partial charge is 0.465 e. The van der Waals surface area contributed by atoms with E-state index in [1.165, 1.54) is 23.9 Å². The van der Waals surface area contributed by atoms with Gasteiger partial charge in [0.15, 0.2) is 11.8 Å². The van der Waals surface area contributed by atoms with Crippen molar-refractivity contribution in [2.24, 2.45) is 0 Å². The summed E-state index contributed by atoms with van der Waals surface area (Å²) in [5.41, 5.74) is 2.39. The van der Waals surface area contributed by atoms with Crippen molar-refractivity contribution in [3.05, 3.63) is 46.9 Å². The van der Waals surface area contributed by atoms with Crippen LogP contribution in [0.3, 0.4) is 0 Å². The van der Waals surface area contributed by atoms with E-state index in [0.29, 0.717) is 16.8 Å². The normalized spacial score (nSPS) is 13.3. The number of aromatic nitrogens is 2. The van der Waals surface area contributed by atoms with Gasteiger partial charge in [0.2, 0.25) is 5.88 Å². The topological polar surface area (TPSA) is 61.3 Å². The molecule has 0 amide bonds. The van der Waals surface area contributed by atoms with Crippen LogP contribution in [-0.4, -0.2) is 28.1 Å². The molecular formula is C20H23FN2O3S. The molecule has 1 heterocycles. The van der Waals surface area contributed by atoms with Crippen molar-refractivity contribution in [1.29, 1.82) is 0 Å². The zero-order chi connectivity index (χ0) is 19.4. The molecule has 1 aliphatic rings. The van der Waals surface area contributed by atoms with E-state index in [4.69, 9.17) is 9.47 Å². The van der Waals surface area contributed by atoms with Crippen molar-refractivity contribution in [2.45, 2.75) is 56.5 Å². The molecule has 144 valence electrons. The molecule has 0 bridgehead atoms. The Hall–Kier alpha value is -2.15. The highest BCUT2D eigenvalue weighted by Gasteiger charge is 2.22. The molecule has 0 atom stereocenters. The highest BCUT2D eigenvalue weighted by atomic mass is 32.2. The maximum absolute atomic E-state index is 13.0. The monoisotopic (exact) mass is 389 g/mol. The first-order valence-electron chi connectivity index (χ1n) is 8.92. The number of carbonyl (C=O) groups is 1. The Morgan fingerprint density at radius 2 is 1.93 bits per heavy atom. The highest BCUT2D eigenvalue weighted by molar-refractivity contribution is 7.98. The molecule has 0 aliphatic heterocycles. The highest BCUT2D eigenvalue weighted by Crippen LogP contribution is 2.31. The summed E-state index contributed by atoms with van der Waals surface area (Å²) in [6, 6.07) is 6.37. The minimum absolute atomic E-state index is 0.178. The number of nitrogens with zero attached hydrogens (tertiary/aromatic N) is 2. The lowest BCUT2D eigenvalue weighted by Gasteiger charge is -2.19. The fourth-order valence-corrected chi connectivity index (χ4v) is 3.60. The van der Waals surface area contributed by atoms with Gasteiger partial charge in [-0.05, 0) is 57.7 Å². The Kier molecular flexibility index (Phi) is 5.99. The molecule has 2 aromatic rings. The minimum atomic E-state index is -0.551. The molecule has 0 saturated carbocycles. The van der Waals surface area contributed by atoms with Gasteiger partial charge >= 0.3 is 5.97 Å². The summed E-state index contributed by atoms with van der Waals surface area (Å²) in [6.45, 7) is 5.27. The van der Waals surface area contributed by atoms with Crippen LogP contribution in [0.5, 0.6) is 5.88 Å². The summed E-state index contributed by atoms with van der Waals surface area (Å²) < 4.78 is 24.0. The third kappa shape index (κ3) is 5.66. The van der Waals surface area contributed by atoms with Gasteiger partial charge in [-0.3, -0.25) is 0 Å². The summed E-state index contributed by atoms with van der Waals surface area (Å²) in [5, 5.41) is 0.596. The number of esters is 1. The van der Waals surface area contributed by atoms with Crippen molar-refractivity contribution in [2.75, 3.05) is 6.61 Å². The van der Waals surface area contributed by atoms with Gasteiger partial charge in [0.1, 0.15) is 11.4 Å². The van der Waals surface area contributed by atoms with Gasteiger partial charge in [-0.25, -0.2) is 14.2 Å². The SMILES string of the molecule is CC(C)(C)OC(=O)COc1nc(SCc2ccc([18F])cc2)nc2c1CCC2. The summed E-state index contributed by atoms with van der Waals surface area (Å²) in [6.07, 6.45) is 2.73. The van der Waals surface area contributed by atoms with Crippen molar-refractivity contribution in [3.8, 4) is 5.88 Å². The first-order valence-corrected chi connectivity index (χ1v) is 9.90. The van der Waals surface area contributed by atoms with Crippen LogP contribution in [0, 0.1) is 5.82 Å². The third-order valence-electron chi connectivity index (χ3n) is 3.90. The second-order valence-electron chi connectivity index (χ2n) is 7.38. The zero-order valence-electron chi connectivity index (χ0n) is 15.8. The van der Waals surface area contributed by atoms with Crippen molar-refractivity contribution >= 4 is 17.7 Å². The van der Waals surface area contributed by atoms with Gasteiger partial charge in [-0.1, -0.05) is 23.9 Å². The Labute approximate surface area is 162 Å². The molecule has 1 aliphatic carbocycles. The van der Waals surface area contributed by atoms with Crippen LogP contribution in [-0.2, 0) is 28.1 Å². The molecule has 0 fully saturated rings. The lowest BCUT2D eigenvalue weighted by atomic mass is 10.2. The summed E-state index contributed by atoms with van der Waals surface area (Å²) in [5.74, 6) is 0.415. The maximum Gasteiger partial charge on any atom is 0.344 e. The molecule has 1 aromatic heterocycles. The van der Waals surface area contributed by atoms with Gasteiger partial charge < -0.3 is 9.47 Å². The quantitative estimate of drug-likeness (QED) is 0.421. The average molecular weight is 389 g/mol. The zero-order valence-corrected chi connectivity index (χ0v) is 16.6. The predicted molar refractivity (Wildman–Crippen MR) is 101 cm³/mol. The molecule has 0 saturated heterocycles. The number of rotatable bonds is 6. The smallest absolute Gasteiger partial charge is 0.344 e. The first kappa shape index (κ1) is 19.6.